The molecule has 0 aliphatic heterocycles. The SMILES string of the molecule is c1ccc(-c2ccc(N(c3ccc(-c4ccccc4)cc3)c3ccc(-c4ccc(N(c5ccc6ccccc6c5)c5ccc6c(c5)oc5ccccc56)c5ccccc45)c4ccccc34)cc2)cc1. The van der Waals surface area contributed by atoms with Gasteiger partial charge in [-0.25, -0.2) is 0 Å². The van der Waals surface area contributed by atoms with Crippen LogP contribution in [0, 0.1) is 0 Å². The molecule has 0 bridgehead atoms. The first-order valence-corrected chi connectivity index (χ1v) is 23.6. The largest absolute Gasteiger partial charge is 0.456 e. The number of rotatable bonds is 9. The van der Waals surface area contributed by atoms with E-state index in [1.165, 1.54) is 60.3 Å². The molecule has 1 heterocycles. The highest BCUT2D eigenvalue weighted by atomic mass is 16.3. The van der Waals surface area contributed by atoms with E-state index in [2.05, 4.69) is 265 Å². The number of furan rings is 1. The topological polar surface area (TPSA) is 19.6 Å². The van der Waals surface area contributed by atoms with E-state index in [0.717, 1.165) is 61.4 Å². The second-order valence-electron chi connectivity index (χ2n) is 17.7. The number of hydrogen-bond donors (Lipinski definition) is 0. The van der Waals surface area contributed by atoms with Crippen molar-refractivity contribution in [1.82, 2.24) is 0 Å². The van der Waals surface area contributed by atoms with Gasteiger partial charge < -0.3 is 14.2 Å². The minimum absolute atomic E-state index is 0.861. The van der Waals surface area contributed by atoms with Crippen molar-refractivity contribution in [3.05, 3.63) is 267 Å². The number of fused-ring (bicyclic) bond motifs is 6. The van der Waals surface area contributed by atoms with Crippen molar-refractivity contribution in [3.63, 3.8) is 0 Å². The Balaban J connectivity index is 0.966. The third-order valence-corrected chi connectivity index (χ3v) is 13.7. The minimum Gasteiger partial charge on any atom is -0.456 e. The Hall–Kier alpha value is -9.18. The van der Waals surface area contributed by atoms with E-state index in [1.54, 1.807) is 0 Å². The summed E-state index contributed by atoms with van der Waals surface area (Å²) >= 11 is 0. The van der Waals surface area contributed by atoms with Crippen LogP contribution in [0.2, 0.25) is 0 Å². The standard InChI is InChI=1S/C66H44N2O/c1-3-15-45(16-4-1)48-27-32-51(33-28-48)67(52-34-29-49(30-35-52)46-17-5-2-6-18-46)63-41-39-57(55-21-9-11-23-59(55)63)58-40-42-64(60-24-12-10-22-56(58)60)68(53-36-31-47-19-7-8-20-50(47)43-53)54-37-38-62-61-25-13-14-26-65(61)69-66(62)44-54/h1-44H. The van der Waals surface area contributed by atoms with E-state index in [-0.39, 0.29) is 0 Å². The van der Waals surface area contributed by atoms with Gasteiger partial charge in [-0.1, -0.05) is 194 Å². The molecule has 324 valence electrons. The van der Waals surface area contributed by atoms with Gasteiger partial charge >= 0.3 is 0 Å². The van der Waals surface area contributed by atoms with Gasteiger partial charge in [-0.2, -0.15) is 0 Å². The first kappa shape index (κ1) is 40.1. The number of para-hydroxylation sites is 1. The van der Waals surface area contributed by atoms with Crippen molar-refractivity contribution in [2.24, 2.45) is 0 Å². The van der Waals surface area contributed by atoms with Crippen LogP contribution in [0.25, 0.3) is 87.6 Å². The predicted molar refractivity (Wildman–Crippen MR) is 292 cm³/mol. The molecule has 0 spiro atoms. The molecule has 3 nitrogen and oxygen atoms in total. The maximum absolute atomic E-state index is 6.49. The summed E-state index contributed by atoms with van der Waals surface area (Å²) < 4.78 is 6.49. The monoisotopic (exact) mass is 880 g/mol. The van der Waals surface area contributed by atoms with Gasteiger partial charge in [0, 0.05) is 50.4 Å². The highest BCUT2D eigenvalue weighted by molar-refractivity contribution is 6.14. The van der Waals surface area contributed by atoms with E-state index in [0.29, 0.717) is 0 Å². The van der Waals surface area contributed by atoms with Gasteiger partial charge in [-0.3, -0.25) is 0 Å². The van der Waals surface area contributed by atoms with Crippen LogP contribution in [0.15, 0.2) is 271 Å². The van der Waals surface area contributed by atoms with Crippen molar-refractivity contribution in [2.45, 2.75) is 0 Å². The van der Waals surface area contributed by atoms with Crippen molar-refractivity contribution in [2.75, 3.05) is 9.80 Å². The van der Waals surface area contributed by atoms with Crippen molar-refractivity contribution in [3.8, 4) is 33.4 Å². The fourth-order valence-electron chi connectivity index (χ4n) is 10.3. The van der Waals surface area contributed by atoms with E-state index in [9.17, 15) is 0 Å². The number of hydrogen-bond acceptors (Lipinski definition) is 3. The van der Waals surface area contributed by atoms with E-state index >= 15 is 0 Å². The molecular formula is C66H44N2O. The maximum atomic E-state index is 6.49. The molecule has 0 aliphatic rings. The number of nitrogens with zero attached hydrogens (tertiary/aromatic N) is 2. The molecule has 13 aromatic rings. The van der Waals surface area contributed by atoms with E-state index < -0.39 is 0 Å². The summed E-state index contributed by atoms with van der Waals surface area (Å²) in [5.74, 6) is 0. The summed E-state index contributed by atoms with van der Waals surface area (Å²) in [6.45, 7) is 0. The van der Waals surface area contributed by atoms with Crippen LogP contribution in [0.1, 0.15) is 0 Å². The molecule has 3 heteroatoms. The number of benzene rings is 12. The first-order valence-electron chi connectivity index (χ1n) is 23.6. The van der Waals surface area contributed by atoms with Crippen LogP contribution < -0.4 is 9.80 Å². The maximum Gasteiger partial charge on any atom is 0.137 e. The summed E-state index contributed by atoms with van der Waals surface area (Å²) in [4.78, 5) is 4.79. The second-order valence-corrected chi connectivity index (χ2v) is 17.7. The van der Waals surface area contributed by atoms with Gasteiger partial charge in [0.15, 0.2) is 0 Å². The molecule has 0 fully saturated rings. The number of anilines is 6. The Morgan fingerprint density at radius 1 is 0.232 bits per heavy atom. The molecule has 0 aliphatic carbocycles. The van der Waals surface area contributed by atoms with Gasteiger partial charge in [0.25, 0.3) is 0 Å². The highest BCUT2D eigenvalue weighted by Crippen LogP contribution is 2.47. The average molecular weight is 881 g/mol. The average Bonchev–Trinajstić information content (AvgIpc) is 3.80. The molecule has 0 N–H and O–H groups in total. The molecule has 13 rings (SSSR count). The summed E-state index contributed by atoms with van der Waals surface area (Å²) in [6.07, 6.45) is 0. The van der Waals surface area contributed by atoms with E-state index in [1.807, 2.05) is 12.1 Å². The first-order chi connectivity index (χ1) is 34.2. The summed E-state index contributed by atoms with van der Waals surface area (Å²) in [5, 5.41) is 9.29. The van der Waals surface area contributed by atoms with Crippen molar-refractivity contribution < 1.29 is 4.42 Å². The van der Waals surface area contributed by atoms with Gasteiger partial charge in [0.2, 0.25) is 0 Å². The van der Waals surface area contributed by atoms with Gasteiger partial charge in [0.1, 0.15) is 11.2 Å². The van der Waals surface area contributed by atoms with Crippen LogP contribution in [-0.2, 0) is 0 Å². The second kappa shape index (κ2) is 16.9. The third-order valence-electron chi connectivity index (χ3n) is 13.7. The molecule has 0 amide bonds. The fraction of sp³-hybridized carbons (Fsp3) is 0. The summed E-state index contributed by atoms with van der Waals surface area (Å²) in [7, 11) is 0. The van der Waals surface area contributed by atoms with Crippen LogP contribution in [0.5, 0.6) is 0 Å². The molecule has 1 aromatic heterocycles. The molecule has 0 radical (unpaired) electrons. The Morgan fingerprint density at radius 3 is 1.22 bits per heavy atom. The molecular weight excluding hydrogens is 837 g/mol. The zero-order chi connectivity index (χ0) is 45.7. The quantitative estimate of drug-likeness (QED) is 0.144. The van der Waals surface area contributed by atoms with Crippen LogP contribution in [-0.4, -0.2) is 0 Å². The van der Waals surface area contributed by atoms with Crippen molar-refractivity contribution in [1.29, 1.82) is 0 Å². The Kier molecular flexibility index (Phi) is 9.84. The molecule has 0 saturated carbocycles. The summed E-state index contributed by atoms with van der Waals surface area (Å²) in [6, 6.07) is 96.3. The van der Waals surface area contributed by atoms with Gasteiger partial charge in [-0.15, -0.1) is 0 Å². The third kappa shape index (κ3) is 7.16. The minimum atomic E-state index is 0.861. The smallest absolute Gasteiger partial charge is 0.137 e. The highest BCUT2D eigenvalue weighted by Gasteiger charge is 2.22. The summed E-state index contributed by atoms with van der Waals surface area (Å²) in [5.41, 5.74) is 15.3. The lowest BCUT2D eigenvalue weighted by Crippen LogP contribution is -2.11. The molecule has 0 unspecified atom stereocenters. The fourth-order valence-corrected chi connectivity index (χ4v) is 10.3. The Morgan fingerprint density at radius 2 is 0.638 bits per heavy atom. The zero-order valence-corrected chi connectivity index (χ0v) is 37.7. The lowest BCUT2D eigenvalue weighted by Gasteiger charge is -2.29. The molecule has 0 atom stereocenters. The lowest BCUT2D eigenvalue weighted by molar-refractivity contribution is 0.669. The predicted octanol–water partition coefficient (Wildman–Crippen LogP) is 19.0. The lowest BCUT2D eigenvalue weighted by atomic mass is 9.91. The van der Waals surface area contributed by atoms with E-state index in [4.69, 9.17) is 4.42 Å². The van der Waals surface area contributed by atoms with Crippen molar-refractivity contribution >= 4 is 88.4 Å². The van der Waals surface area contributed by atoms with Gasteiger partial charge in [-0.05, 0) is 122 Å². The normalized spacial score (nSPS) is 11.5. The molecule has 0 saturated heterocycles. The van der Waals surface area contributed by atoms with Crippen LogP contribution >= 0.6 is 0 Å². The van der Waals surface area contributed by atoms with Crippen LogP contribution in [0.4, 0.5) is 34.1 Å². The van der Waals surface area contributed by atoms with Crippen LogP contribution in [0.3, 0.4) is 0 Å². The zero-order valence-electron chi connectivity index (χ0n) is 37.7. The molecule has 69 heavy (non-hydrogen) atoms. The van der Waals surface area contributed by atoms with Gasteiger partial charge in [0.05, 0.1) is 11.4 Å². The molecule has 12 aromatic carbocycles. The Bertz CT molecular complexity index is 3920. The Labute approximate surface area is 401 Å².